The molecule has 8 heteroatoms. The minimum Gasteiger partial charge on any atom is -0.476 e. The SMILES string of the molecule is O=C(O)c1nc[nH]c1-c1nc(Cc2cccc(Cl)c2)no1. The number of benzene rings is 1. The number of hydrogen-bond donors (Lipinski definition) is 2. The first kappa shape index (κ1) is 13.3. The summed E-state index contributed by atoms with van der Waals surface area (Å²) in [6.45, 7) is 0. The maximum absolute atomic E-state index is 11.0. The molecule has 7 nitrogen and oxygen atoms in total. The van der Waals surface area contributed by atoms with Gasteiger partial charge in [0, 0.05) is 11.4 Å². The number of nitrogens with one attached hydrogen (secondary N) is 1. The zero-order valence-electron chi connectivity index (χ0n) is 10.6. The Morgan fingerprint density at radius 3 is 3.05 bits per heavy atom. The fourth-order valence-corrected chi connectivity index (χ4v) is 2.09. The average Bonchev–Trinajstić information content (AvgIpc) is 3.06. The average molecular weight is 305 g/mol. The highest BCUT2D eigenvalue weighted by atomic mass is 35.5. The molecule has 0 saturated carbocycles. The number of halogens is 1. The molecule has 0 atom stereocenters. The first-order chi connectivity index (χ1) is 10.1. The van der Waals surface area contributed by atoms with Crippen molar-refractivity contribution < 1.29 is 14.4 Å². The summed E-state index contributed by atoms with van der Waals surface area (Å²) in [4.78, 5) is 21.5. The Bertz CT molecular complexity index is 796. The maximum atomic E-state index is 11.0. The molecule has 0 radical (unpaired) electrons. The smallest absolute Gasteiger partial charge is 0.356 e. The molecule has 0 saturated heterocycles. The standard InChI is InChI=1S/C13H9ClN4O3/c14-8-3-1-2-7(4-8)5-9-17-12(21-18-9)10-11(13(19)20)16-6-15-10/h1-4,6H,5H2,(H,15,16)(H,19,20). The van der Waals surface area contributed by atoms with Crippen molar-refractivity contribution in [1.29, 1.82) is 0 Å². The Kier molecular flexibility index (Phi) is 3.41. The van der Waals surface area contributed by atoms with Gasteiger partial charge in [-0.05, 0) is 17.7 Å². The largest absolute Gasteiger partial charge is 0.476 e. The highest BCUT2D eigenvalue weighted by molar-refractivity contribution is 6.30. The molecular weight excluding hydrogens is 296 g/mol. The zero-order chi connectivity index (χ0) is 14.8. The van der Waals surface area contributed by atoms with Crippen LogP contribution in [-0.4, -0.2) is 31.2 Å². The first-order valence-corrected chi connectivity index (χ1v) is 6.35. The minimum atomic E-state index is -1.17. The summed E-state index contributed by atoms with van der Waals surface area (Å²) in [6.07, 6.45) is 1.69. The zero-order valence-corrected chi connectivity index (χ0v) is 11.3. The van der Waals surface area contributed by atoms with E-state index in [-0.39, 0.29) is 17.3 Å². The van der Waals surface area contributed by atoms with Crippen LogP contribution in [-0.2, 0) is 6.42 Å². The van der Waals surface area contributed by atoms with Crippen LogP contribution in [0.2, 0.25) is 5.02 Å². The number of aromatic carboxylic acids is 1. The van der Waals surface area contributed by atoms with Gasteiger partial charge in [-0.2, -0.15) is 4.98 Å². The van der Waals surface area contributed by atoms with Gasteiger partial charge in [0.05, 0.1) is 6.33 Å². The Labute approximate surface area is 123 Å². The van der Waals surface area contributed by atoms with Crippen molar-refractivity contribution in [3.05, 3.63) is 52.7 Å². The number of rotatable bonds is 4. The molecular formula is C13H9ClN4O3. The summed E-state index contributed by atoms with van der Waals surface area (Å²) in [6, 6.07) is 7.30. The lowest BCUT2D eigenvalue weighted by Gasteiger charge is -1.96. The summed E-state index contributed by atoms with van der Waals surface area (Å²) in [7, 11) is 0. The quantitative estimate of drug-likeness (QED) is 0.767. The Balaban J connectivity index is 1.86. The second-order valence-electron chi connectivity index (χ2n) is 4.25. The molecule has 0 amide bonds. The second-order valence-corrected chi connectivity index (χ2v) is 4.69. The number of aromatic amines is 1. The Morgan fingerprint density at radius 2 is 2.29 bits per heavy atom. The molecule has 3 aromatic rings. The molecule has 21 heavy (non-hydrogen) atoms. The number of hydrogen-bond acceptors (Lipinski definition) is 5. The Morgan fingerprint density at radius 1 is 1.43 bits per heavy atom. The fraction of sp³-hybridized carbons (Fsp3) is 0.0769. The van der Waals surface area contributed by atoms with E-state index in [0.717, 1.165) is 5.56 Å². The van der Waals surface area contributed by atoms with Crippen molar-refractivity contribution in [2.45, 2.75) is 6.42 Å². The summed E-state index contributed by atoms with van der Waals surface area (Å²) in [5.41, 5.74) is 0.957. The predicted octanol–water partition coefficient (Wildman–Crippen LogP) is 2.40. The lowest BCUT2D eigenvalue weighted by molar-refractivity contribution is 0.0691. The molecule has 3 rings (SSSR count). The van der Waals surface area contributed by atoms with Gasteiger partial charge in [0.1, 0.15) is 5.69 Å². The molecule has 1 aromatic carbocycles. The van der Waals surface area contributed by atoms with Gasteiger partial charge in [-0.15, -0.1) is 0 Å². The van der Waals surface area contributed by atoms with Crippen LogP contribution in [0.25, 0.3) is 11.6 Å². The summed E-state index contributed by atoms with van der Waals surface area (Å²) in [5.74, 6) is -0.652. The van der Waals surface area contributed by atoms with Gasteiger partial charge in [0.2, 0.25) is 0 Å². The van der Waals surface area contributed by atoms with E-state index < -0.39 is 5.97 Å². The van der Waals surface area contributed by atoms with Crippen LogP contribution in [0.1, 0.15) is 21.9 Å². The van der Waals surface area contributed by atoms with Crippen LogP contribution >= 0.6 is 11.6 Å². The number of carboxylic acids is 1. The number of aromatic nitrogens is 4. The third-order valence-corrected chi connectivity index (χ3v) is 3.01. The van der Waals surface area contributed by atoms with Crippen LogP contribution in [0.5, 0.6) is 0 Å². The molecule has 0 aliphatic heterocycles. The van der Waals surface area contributed by atoms with Gasteiger partial charge >= 0.3 is 5.97 Å². The van der Waals surface area contributed by atoms with E-state index in [2.05, 4.69) is 20.1 Å². The van der Waals surface area contributed by atoms with Crippen LogP contribution in [0.15, 0.2) is 35.1 Å². The number of H-pyrrole nitrogens is 1. The second kappa shape index (κ2) is 5.37. The van der Waals surface area contributed by atoms with E-state index in [0.29, 0.717) is 17.3 Å². The summed E-state index contributed by atoms with van der Waals surface area (Å²) >= 11 is 5.91. The van der Waals surface area contributed by atoms with Gasteiger partial charge in [0.15, 0.2) is 11.5 Å². The number of imidazole rings is 1. The summed E-state index contributed by atoms with van der Waals surface area (Å²) in [5, 5.41) is 13.5. The van der Waals surface area contributed by atoms with Crippen molar-refractivity contribution in [3.8, 4) is 11.6 Å². The first-order valence-electron chi connectivity index (χ1n) is 5.97. The van der Waals surface area contributed by atoms with Crippen molar-refractivity contribution in [1.82, 2.24) is 20.1 Å². The van der Waals surface area contributed by atoms with Gasteiger partial charge < -0.3 is 14.6 Å². The molecule has 0 aliphatic rings. The number of carboxylic acid groups (broad SMARTS) is 1. The monoisotopic (exact) mass is 304 g/mol. The molecule has 0 unspecified atom stereocenters. The molecule has 2 heterocycles. The van der Waals surface area contributed by atoms with Crippen LogP contribution in [0.4, 0.5) is 0 Å². The third kappa shape index (κ3) is 2.77. The summed E-state index contributed by atoms with van der Waals surface area (Å²) < 4.78 is 5.07. The third-order valence-electron chi connectivity index (χ3n) is 2.78. The van der Waals surface area contributed by atoms with Crippen LogP contribution < -0.4 is 0 Å². The molecule has 0 spiro atoms. The van der Waals surface area contributed by atoms with Crippen LogP contribution in [0.3, 0.4) is 0 Å². The van der Waals surface area contributed by atoms with Gasteiger partial charge in [-0.25, -0.2) is 9.78 Å². The minimum absolute atomic E-state index is 0.0851. The molecule has 0 aliphatic carbocycles. The van der Waals surface area contributed by atoms with Gasteiger partial charge in [0.25, 0.3) is 5.89 Å². The Hall–Kier alpha value is -2.67. The van der Waals surface area contributed by atoms with E-state index in [9.17, 15) is 4.79 Å². The molecule has 0 fully saturated rings. The normalized spacial score (nSPS) is 10.7. The topological polar surface area (TPSA) is 105 Å². The van der Waals surface area contributed by atoms with Gasteiger partial charge in [-0.1, -0.05) is 28.9 Å². The van der Waals surface area contributed by atoms with Crippen LogP contribution in [0, 0.1) is 0 Å². The van der Waals surface area contributed by atoms with E-state index in [1.807, 2.05) is 12.1 Å². The van der Waals surface area contributed by atoms with Crippen molar-refractivity contribution in [2.24, 2.45) is 0 Å². The van der Waals surface area contributed by atoms with Crippen molar-refractivity contribution in [3.63, 3.8) is 0 Å². The fourth-order valence-electron chi connectivity index (χ4n) is 1.88. The van der Waals surface area contributed by atoms with E-state index in [4.69, 9.17) is 21.2 Å². The molecule has 106 valence electrons. The number of nitrogens with zero attached hydrogens (tertiary/aromatic N) is 3. The van der Waals surface area contributed by atoms with E-state index in [1.54, 1.807) is 12.1 Å². The molecule has 2 aromatic heterocycles. The number of carbonyl (C=O) groups is 1. The predicted molar refractivity (Wildman–Crippen MR) is 73.1 cm³/mol. The van der Waals surface area contributed by atoms with E-state index >= 15 is 0 Å². The maximum Gasteiger partial charge on any atom is 0.356 e. The molecule has 0 bridgehead atoms. The van der Waals surface area contributed by atoms with Crippen molar-refractivity contribution in [2.75, 3.05) is 0 Å². The molecule has 2 N–H and O–H groups in total. The highest BCUT2D eigenvalue weighted by Crippen LogP contribution is 2.20. The lowest BCUT2D eigenvalue weighted by Crippen LogP contribution is -1.99. The highest BCUT2D eigenvalue weighted by Gasteiger charge is 2.20. The lowest BCUT2D eigenvalue weighted by atomic mass is 10.1. The van der Waals surface area contributed by atoms with Gasteiger partial charge in [-0.3, -0.25) is 0 Å². The van der Waals surface area contributed by atoms with Crippen molar-refractivity contribution >= 4 is 17.6 Å². The van der Waals surface area contributed by atoms with E-state index in [1.165, 1.54) is 6.33 Å².